The van der Waals surface area contributed by atoms with Crippen LogP contribution >= 0.6 is 0 Å². The summed E-state index contributed by atoms with van der Waals surface area (Å²) in [5.41, 5.74) is 6.58. The molecule has 1 aromatic heterocycles. The fourth-order valence-corrected chi connectivity index (χ4v) is 1.79. The van der Waals surface area contributed by atoms with Gasteiger partial charge < -0.3 is 10.3 Å². The average Bonchev–Trinajstić information content (AvgIpc) is 2.73. The molecule has 0 amide bonds. The Hall–Kier alpha value is -0.900. The Morgan fingerprint density at radius 1 is 1.50 bits per heavy atom. The van der Waals surface area contributed by atoms with E-state index >= 15 is 0 Å². The quantitative estimate of drug-likeness (QED) is 0.789. The molecule has 14 heavy (non-hydrogen) atoms. The molecular formula is C10H18N4. The van der Waals surface area contributed by atoms with E-state index in [0.29, 0.717) is 5.41 Å². The number of hydrogen-bond donors (Lipinski definition) is 1. The van der Waals surface area contributed by atoms with Gasteiger partial charge in [0.1, 0.15) is 11.6 Å². The monoisotopic (exact) mass is 194 g/mol. The van der Waals surface area contributed by atoms with Crippen LogP contribution in [0.15, 0.2) is 0 Å². The fourth-order valence-electron chi connectivity index (χ4n) is 1.79. The van der Waals surface area contributed by atoms with Crippen LogP contribution in [0.1, 0.15) is 43.9 Å². The van der Waals surface area contributed by atoms with Gasteiger partial charge in [-0.2, -0.15) is 0 Å². The Balaban J connectivity index is 2.10. The summed E-state index contributed by atoms with van der Waals surface area (Å²) in [6, 6.07) is 0.0358. The highest BCUT2D eigenvalue weighted by molar-refractivity contribution is 5.02. The van der Waals surface area contributed by atoms with Crippen molar-refractivity contribution in [2.75, 3.05) is 0 Å². The first kappa shape index (κ1) is 9.65. The average molecular weight is 194 g/mol. The third-order valence-electron chi connectivity index (χ3n) is 3.27. The van der Waals surface area contributed by atoms with Crippen LogP contribution in [-0.2, 0) is 7.05 Å². The van der Waals surface area contributed by atoms with Crippen molar-refractivity contribution in [3.63, 3.8) is 0 Å². The molecule has 0 saturated heterocycles. The van der Waals surface area contributed by atoms with Gasteiger partial charge in [0, 0.05) is 7.05 Å². The minimum absolute atomic E-state index is 0.0358. The van der Waals surface area contributed by atoms with Crippen LogP contribution in [0.2, 0.25) is 0 Å². The number of nitrogens with zero attached hydrogens (tertiary/aromatic N) is 3. The van der Waals surface area contributed by atoms with Crippen LogP contribution in [-0.4, -0.2) is 14.8 Å². The van der Waals surface area contributed by atoms with Gasteiger partial charge >= 0.3 is 0 Å². The van der Waals surface area contributed by atoms with Crippen LogP contribution in [0.25, 0.3) is 0 Å². The molecule has 0 spiro atoms. The number of aryl methyl sites for hydroxylation is 1. The van der Waals surface area contributed by atoms with E-state index in [1.54, 1.807) is 0 Å². The zero-order chi connectivity index (χ0) is 10.3. The van der Waals surface area contributed by atoms with Crippen molar-refractivity contribution in [2.24, 2.45) is 18.2 Å². The molecule has 1 unspecified atom stereocenters. The van der Waals surface area contributed by atoms with Gasteiger partial charge in [0.05, 0.1) is 6.04 Å². The summed E-state index contributed by atoms with van der Waals surface area (Å²) >= 11 is 0. The van der Waals surface area contributed by atoms with Crippen molar-refractivity contribution in [1.82, 2.24) is 14.8 Å². The molecule has 1 aliphatic rings. The molecule has 2 rings (SSSR count). The second-order valence-corrected chi connectivity index (χ2v) is 4.79. The predicted molar refractivity (Wildman–Crippen MR) is 54.6 cm³/mol. The Labute approximate surface area is 84.5 Å². The molecule has 0 aliphatic heterocycles. The van der Waals surface area contributed by atoms with Gasteiger partial charge in [-0.1, -0.05) is 6.92 Å². The summed E-state index contributed by atoms with van der Waals surface area (Å²) in [7, 11) is 1.97. The molecule has 1 atom stereocenters. The summed E-state index contributed by atoms with van der Waals surface area (Å²) in [4.78, 5) is 0. The van der Waals surface area contributed by atoms with Crippen molar-refractivity contribution in [2.45, 2.75) is 39.2 Å². The van der Waals surface area contributed by atoms with E-state index < -0.39 is 0 Å². The Morgan fingerprint density at radius 3 is 2.57 bits per heavy atom. The van der Waals surface area contributed by atoms with Gasteiger partial charge in [0.25, 0.3) is 0 Å². The molecule has 0 radical (unpaired) electrons. The van der Waals surface area contributed by atoms with Crippen LogP contribution in [0.5, 0.6) is 0 Å². The molecule has 0 aromatic carbocycles. The maximum atomic E-state index is 6.11. The summed E-state index contributed by atoms with van der Waals surface area (Å²) in [5, 5.41) is 8.14. The molecule has 1 aliphatic carbocycles. The second-order valence-electron chi connectivity index (χ2n) is 4.79. The summed E-state index contributed by atoms with van der Waals surface area (Å²) < 4.78 is 1.98. The molecule has 1 heterocycles. The Morgan fingerprint density at radius 2 is 2.14 bits per heavy atom. The maximum Gasteiger partial charge on any atom is 0.149 e. The van der Waals surface area contributed by atoms with Crippen molar-refractivity contribution < 1.29 is 0 Å². The molecule has 4 nitrogen and oxygen atoms in total. The van der Waals surface area contributed by atoms with E-state index in [1.165, 1.54) is 12.8 Å². The number of rotatable bonds is 3. The normalized spacial score (nSPS) is 20.9. The van der Waals surface area contributed by atoms with E-state index in [9.17, 15) is 0 Å². The molecule has 0 bridgehead atoms. The van der Waals surface area contributed by atoms with Crippen molar-refractivity contribution in [1.29, 1.82) is 0 Å². The van der Waals surface area contributed by atoms with Gasteiger partial charge in [-0.25, -0.2) is 0 Å². The van der Waals surface area contributed by atoms with E-state index in [-0.39, 0.29) is 6.04 Å². The third kappa shape index (κ3) is 1.66. The zero-order valence-corrected chi connectivity index (χ0v) is 9.12. The fraction of sp³-hybridized carbons (Fsp3) is 0.800. The predicted octanol–water partition coefficient (Wildman–Crippen LogP) is 1.31. The topological polar surface area (TPSA) is 56.7 Å². The zero-order valence-electron chi connectivity index (χ0n) is 9.12. The van der Waals surface area contributed by atoms with Crippen molar-refractivity contribution in [3.05, 3.63) is 11.6 Å². The highest BCUT2D eigenvalue weighted by Crippen LogP contribution is 2.50. The third-order valence-corrected chi connectivity index (χ3v) is 3.27. The van der Waals surface area contributed by atoms with E-state index in [0.717, 1.165) is 18.1 Å². The minimum Gasteiger partial charge on any atom is -0.321 e. The lowest BCUT2D eigenvalue weighted by Crippen LogP contribution is -2.18. The van der Waals surface area contributed by atoms with Crippen LogP contribution < -0.4 is 5.73 Å². The first-order chi connectivity index (χ1) is 6.52. The summed E-state index contributed by atoms with van der Waals surface area (Å²) in [6.07, 6.45) is 3.63. The molecule has 1 fully saturated rings. The van der Waals surface area contributed by atoms with Crippen molar-refractivity contribution >= 4 is 0 Å². The number of aromatic nitrogens is 3. The highest BCUT2D eigenvalue weighted by atomic mass is 15.3. The first-order valence-corrected chi connectivity index (χ1v) is 5.13. The molecule has 78 valence electrons. The lowest BCUT2D eigenvalue weighted by Gasteiger charge is -2.15. The Kier molecular flexibility index (Phi) is 2.10. The largest absolute Gasteiger partial charge is 0.321 e. The van der Waals surface area contributed by atoms with E-state index in [4.69, 9.17) is 5.73 Å². The lowest BCUT2D eigenvalue weighted by atomic mass is 9.99. The van der Waals surface area contributed by atoms with Gasteiger partial charge in [-0.3, -0.25) is 0 Å². The van der Waals surface area contributed by atoms with Crippen LogP contribution in [0.3, 0.4) is 0 Å². The number of hydrogen-bond acceptors (Lipinski definition) is 3. The van der Waals surface area contributed by atoms with Crippen molar-refractivity contribution in [3.8, 4) is 0 Å². The molecular weight excluding hydrogens is 176 g/mol. The van der Waals surface area contributed by atoms with E-state index in [1.807, 2.05) is 18.5 Å². The summed E-state index contributed by atoms with van der Waals surface area (Å²) in [5.74, 6) is 1.84. The van der Waals surface area contributed by atoms with E-state index in [2.05, 4.69) is 17.1 Å². The maximum absolute atomic E-state index is 6.11. The second kappa shape index (κ2) is 3.05. The van der Waals surface area contributed by atoms with Crippen LogP contribution in [0, 0.1) is 12.3 Å². The molecule has 4 heteroatoms. The number of nitrogens with two attached hydrogens (primary N) is 1. The van der Waals surface area contributed by atoms with Gasteiger partial charge in [-0.15, -0.1) is 10.2 Å². The lowest BCUT2D eigenvalue weighted by molar-refractivity contribution is 0.436. The first-order valence-electron chi connectivity index (χ1n) is 5.13. The SMILES string of the molecule is Cc1nnc(C(N)CC2(C)CC2)n1C. The minimum atomic E-state index is 0.0358. The molecule has 1 aromatic rings. The van der Waals surface area contributed by atoms with Gasteiger partial charge in [-0.05, 0) is 31.6 Å². The molecule has 1 saturated carbocycles. The van der Waals surface area contributed by atoms with Gasteiger partial charge in [0.15, 0.2) is 0 Å². The Bertz CT molecular complexity index is 338. The summed E-state index contributed by atoms with van der Waals surface area (Å²) in [6.45, 7) is 4.23. The standard InChI is InChI=1S/C10H18N4/c1-7-12-13-9(14(7)3)8(11)6-10(2)4-5-10/h8H,4-6,11H2,1-3H3. The van der Waals surface area contributed by atoms with Gasteiger partial charge in [0.2, 0.25) is 0 Å². The smallest absolute Gasteiger partial charge is 0.149 e. The molecule has 2 N–H and O–H groups in total. The highest BCUT2D eigenvalue weighted by Gasteiger charge is 2.39. The van der Waals surface area contributed by atoms with Crippen LogP contribution in [0.4, 0.5) is 0 Å².